The summed E-state index contributed by atoms with van der Waals surface area (Å²) in [5.74, 6) is 0. The van der Waals surface area contributed by atoms with Crippen molar-refractivity contribution in [3.8, 4) is 0 Å². The molecule has 0 aromatic carbocycles. The Balaban J connectivity index is 3.14. The van der Waals surface area contributed by atoms with Gasteiger partial charge in [0.2, 0.25) is 0 Å². The predicted octanol–water partition coefficient (Wildman–Crippen LogP) is 1.93. The van der Waals surface area contributed by atoms with E-state index in [1.165, 1.54) is 5.41 Å². The molecule has 0 saturated carbocycles. The van der Waals surface area contributed by atoms with Crippen molar-refractivity contribution < 1.29 is 9.90 Å². The lowest BCUT2D eigenvalue weighted by Gasteiger charge is -1.76. The van der Waals surface area contributed by atoms with Crippen molar-refractivity contribution in [2.45, 2.75) is 6.92 Å². The number of hydrogen-bond acceptors (Lipinski definition) is 2. The van der Waals surface area contributed by atoms with Crippen LogP contribution in [0, 0.1) is 0 Å². The lowest BCUT2D eigenvalue weighted by atomic mass is 10.8. The quantitative estimate of drug-likeness (QED) is 0.571. The van der Waals surface area contributed by atoms with E-state index in [2.05, 4.69) is 0 Å². The average Bonchev–Trinajstić information content (AvgIpc) is 1.61. The molecule has 0 amide bonds. The van der Waals surface area contributed by atoms with Gasteiger partial charge in [-0.1, -0.05) is 6.08 Å². The van der Waals surface area contributed by atoms with Crippen LogP contribution in [0.2, 0.25) is 0 Å². The van der Waals surface area contributed by atoms with Crippen molar-refractivity contribution in [3.05, 3.63) is 11.5 Å². The molecule has 0 unspecified atom stereocenters. The number of thioether (sulfide) groups is 1. The molecule has 3 heteroatoms. The van der Waals surface area contributed by atoms with Crippen LogP contribution < -0.4 is 0 Å². The molecule has 1 N–H and O–H groups in total. The van der Waals surface area contributed by atoms with Gasteiger partial charge in [-0.15, -0.1) is 0 Å². The molecule has 0 radical (unpaired) electrons. The molecular weight excluding hydrogens is 112 g/mol. The van der Waals surface area contributed by atoms with Crippen LogP contribution in [0.3, 0.4) is 0 Å². The Morgan fingerprint density at radius 2 is 2.43 bits per heavy atom. The second-order valence-corrected chi connectivity index (χ2v) is 1.71. The van der Waals surface area contributed by atoms with Gasteiger partial charge in [-0.05, 0) is 24.1 Å². The maximum absolute atomic E-state index is 9.67. The molecule has 0 atom stereocenters. The summed E-state index contributed by atoms with van der Waals surface area (Å²) in [7, 11) is 0. The molecule has 0 aliphatic carbocycles. The zero-order chi connectivity index (χ0) is 5.70. The summed E-state index contributed by atoms with van der Waals surface area (Å²) < 4.78 is 0. The molecular formula is C4H6O2S. The van der Waals surface area contributed by atoms with Gasteiger partial charge in [-0.25, -0.2) is 4.79 Å². The summed E-state index contributed by atoms with van der Waals surface area (Å²) in [6, 6.07) is 0. The third-order valence-electron chi connectivity index (χ3n) is 0.305. The van der Waals surface area contributed by atoms with Crippen molar-refractivity contribution in [1.82, 2.24) is 0 Å². The highest BCUT2D eigenvalue weighted by Crippen LogP contribution is 2.00. The van der Waals surface area contributed by atoms with Gasteiger partial charge < -0.3 is 5.11 Å². The third kappa shape index (κ3) is 5.56. The largest absolute Gasteiger partial charge is 0.473 e. The molecule has 0 aromatic heterocycles. The van der Waals surface area contributed by atoms with E-state index in [-0.39, 0.29) is 0 Å². The Hall–Kier alpha value is -0.440. The molecule has 7 heavy (non-hydrogen) atoms. The van der Waals surface area contributed by atoms with Crippen LogP contribution in [0.4, 0.5) is 4.79 Å². The Kier molecular flexibility index (Phi) is 3.50. The molecule has 0 fully saturated rings. The zero-order valence-electron chi connectivity index (χ0n) is 3.92. The number of carbonyl (C=O) groups is 1. The molecule has 0 bridgehead atoms. The lowest BCUT2D eigenvalue weighted by molar-refractivity contribution is 0.222. The van der Waals surface area contributed by atoms with Gasteiger partial charge in [-0.3, -0.25) is 0 Å². The third-order valence-corrected chi connectivity index (χ3v) is 0.915. The van der Waals surface area contributed by atoms with Gasteiger partial charge in [0.1, 0.15) is 0 Å². The molecule has 0 saturated heterocycles. The van der Waals surface area contributed by atoms with Crippen LogP contribution in [0.15, 0.2) is 11.5 Å². The van der Waals surface area contributed by atoms with Crippen LogP contribution in [-0.4, -0.2) is 10.4 Å². The maximum Gasteiger partial charge on any atom is 0.369 e. The van der Waals surface area contributed by atoms with Crippen LogP contribution in [0.1, 0.15) is 6.92 Å². The average molecular weight is 118 g/mol. The summed E-state index contributed by atoms with van der Waals surface area (Å²) >= 11 is 0.767. The minimum absolute atomic E-state index is 0.767. The van der Waals surface area contributed by atoms with Gasteiger partial charge >= 0.3 is 5.30 Å². The Labute approximate surface area is 46.2 Å². The molecule has 0 rings (SSSR count). The maximum atomic E-state index is 9.67. The van der Waals surface area contributed by atoms with E-state index in [1.807, 2.05) is 0 Å². The first kappa shape index (κ1) is 6.56. The number of rotatable bonds is 1. The predicted molar refractivity (Wildman–Crippen MR) is 30.4 cm³/mol. The Bertz CT molecular complexity index is 87.7. The second kappa shape index (κ2) is 3.74. The van der Waals surface area contributed by atoms with Crippen LogP contribution in [0.5, 0.6) is 0 Å². The minimum atomic E-state index is -0.863. The molecule has 40 valence electrons. The molecule has 0 spiro atoms. The summed E-state index contributed by atoms with van der Waals surface area (Å²) in [4.78, 5) is 9.67. The SMILES string of the molecule is CC=CSC(=O)O. The van der Waals surface area contributed by atoms with Gasteiger partial charge in [0.25, 0.3) is 0 Å². The number of carboxylic acid groups (broad SMARTS) is 1. The van der Waals surface area contributed by atoms with Gasteiger partial charge in [0.05, 0.1) is 0 Å². The fourth-order valence-corrected chi connectivity index (χ4v) is 0.379. The van der Waals surface area contributed by atoms with Crippen molar-refractivity contribution in [2.24, 2.45) is 0 Å². The van der Waals surface area contributed by atoms with E-state index < -0.39 is 5.30 Å². The summed E-state index contributed by atoms with van der Waals surface area (Å²) in [6.45, 7) is 1.77. The summed E-state index contributed by atoms with van der Waals surface area (Å²) in [5, 5.41) is 8.61. The van der Waals surface area contributed by atoms with Crippen molar-refractivity contribution in [2.75, 3.05) is 0 Å². The first-order valence-electron chi connectivity index (χ1n) is 1.78. The molecule has 0 aliphatic rings. The van der Waals surface area contributed by atoms with E-state index in [1.54, 1.807) is 13.0 Å². The standard InChI is InChI=1S/C4H6O2S/c1-2-3-7-4(5)6/h2-3H,1H3,(H,5,6). The van der Waals surface area contributed by atoms with Gasteiger partial charge in [-0.2, -0.15) is 0 Å². The smallest absolute Gasteiger partial charge is 0.369 e. The van der Waals surface area contributed by atoms with E-state index in [4.69, 9.17) is 5.11 Å². The molecule has 0 aromatic rings. The topological polar surface area (TPSA) is 37.3 Å². The second-order valence-electron chi connectivity index (χ2n) is 0.853. The highest BCUT2D eigenvalue weighted by molar-refractivity contribution is 8.15. The van der Waals surface area contributed by atoms with E-state index >= 15 is 0 Å². The summed E-state index contributed by atoms with van der Waals surface area (Å²) in [5.41, 5.74) is 0. The van der Waals surface area contributed by atoms with E-state index in [0.717, 1.165) is 11.8 Å². The first-order chi connectivity index (χ1) is 3.27. The highest BCUT2D eigenvalue weighted by atomic mass is 32.2. The first-order valence-corrected chi connectivity index (χ1v) is 2.66. The van der Waals surface area contributed by atoms with Crippen LogP contribution >= 0.6 is 11.8 Å². The fourth-order valence-electron chi connectivity index (χ4n) is 0.126. The molecule has 0 aliphatic heterocycles. The van der Waals surface area contributed by atoms with E-state index in [9.17, 15) is 4.79 Å². The minimum Gasteiger partial charge on any atom is -0.473 e. The van der Waals surface area contributed by atoms with Gasteiger partial charge in [0, 0.05) is 0 Å². The monoisotopic (exact) mass is 118 g/mol. The van der Waals surface area contributed by atoms with Gasteiger partial charge in [0.15, 0.2) is 0 Å². The Morgan fingerprint density at radius 1 is 1.86 bits per heavy atom. The van der Waals surface area contributed by atoms with Crippen LogP contribution in [-0.2, 0) is 0 Å². The fraction of sp³-hybridized carbons (Fsp3) is 0.250. The molecule has 0 heterocycles. The Morgan fingerprint density at radius 3 is 2.57 bits per heavy atom. The lowest BCUT2D eigenvalue weighted by Crippen LogP contribution is -1.75. The van der Waals surface area contributed by atoms with Crippen molar-refractivity contribution in [1.29, 1.82) is 0 Å². The highest BCUT2D eigenvalue weighted by Gasteiger charge is 1.86. The summed E-state index contributed by atoms with van der Waals surface area (Å²) in [6.07, 6.45) is 1.68. The van der Waals surface area contributed by atoms with Crippen LogP contribution in [0.25, 0.3) is 0 Å². The number of hydrogen-bond donors (Lipinski definition) is 1. The van der Waals surface area contributed by atoms with E-state index in [0.29, 0.717) is 0 Å². The number of allylic oxidation sites excluding steroid dienone is 1. The van der Waals surface area contributed by atoms with Crippen molar-refractivity contribution >= 4 is 17.1 Å². The zero-order valence-corrected chi connectivity index (χ0v) is 4.73. The van der Waals surface area contributed by atoms with Crippen molar-refractivity contribution in [3.63, 3.8) is 0 Å². The normalized spacial score (nSPS) is 9.86. The molecule has 2 nitrogen and oxygen atoms in total.